The number of rotatable bonds is 11. The molecule has 0 spiro atoms. The van der Waals surface area contributed by atoms with E-state index in [2.05, 4.69) is 5.32 Å². The molecule has 0 saturated heterocycles. The molecule has 0 aliphatic rings. The Morgan fingerprint density at radius 3 is 2.10 bits per heavy atom. The van der Waals surface area contributed by atoms with Crippen molar-refractivity contribution in [2.24, 2.45) is 0 Å². The van der Waals surface area contributed by atoms with Crippen molar-refractivity contribution in [2.75, 3.05) is 18.0 Å². The van der Waals surface area contributed by atoms with Crippen molar-refractivity contribution >= 4 is 27.5 Å². The van der Waals surface area contributed by atoms with Crippen molar-refractivity contribution in [3.63, 3.8) is 0 Å². The third-order valence-electron chi connectivity index (χ3n) is 7.13. The third-order valence-corrected chi connectivity index (χ3v) is 8.90. The third kappa shape index (κ3) is 7.91. The van der Waals surface area contributed by atoms with Gasteiger partial charge in [0, 0.05) is 12.1 Å². The molecule has 0 saturated carbocycles. The van der Waals surface area contributed by atoms with Crippen LogP contribution in [-0.2, 0) is 26.2 Å². The van der Waals surface area contributed by atoms with Gasteiger partial charge in [-0.05, 0) is 95.0 Å². The number of hydrogen-bond acceptors (Lipinski definition) is 5. The maximum atomic E-state index is 14.3. The Morgan fingerprint density at radius 1 is 0.929 bits per heavy atom. The summed E-state index contributed by atoms with van der Waals surface area (Å²) in [6.45, 7) is 12.7. The lowest BCUT2D eigenvalue weighted by molar-refractivity contribution is -0.141. The Balaban J connectivity index is 2.11. The lowest BCUT2D eigenvalue weighted by Crippen LogP contribution is -2.55. The number of amides is 2. The fraction of sp³-hybridized carbons (Fsp3) is 0.394. The largest absolute Gasteiger partial charge is 0.497 e. The topological polar surface area (TPSA) is 96.0 Å². The number of carbonyl (C=O) groups excluding carboxylic acids is 2. The van der Waals surface area contributed by atoms with Gasteiger partial charge in [0.1, 0.15) is 18.3 Å². The molecule has 0 aliphatic carbocycles. The van der Waals surface area contributed by atoms with E-state index in [1.165, 1.54) is 4.90 Å². The minimum atomic E-state index is -4.13. The van der Waals surface area contributed by atoms with Crippen LogP contribution in [0.5, 0.6) is 5.75 Å². The zero-order chi connectivity index (χ0) is 31.2. The van der Waals surface area contributed by atoms with Crippen LogP contribution in [0.3, 0.4) is 0 Å². The quantitative estimate of drug-likeness (QED) is 0.315. The van der Waals surface area contributed by atoms with Crippen molar-refractivity contribution in [1.82, 2.24) is 10.2 Å². The molecule has 0 aliphatic heterocycles. The summed E-state index contributed by atoms with van der Waals surface area (Å²) in [6, 6.07) is 18.4. The molecule has 9 heteroatoms. The molecule has 3 aromatic rings. The Morgan fingerprint density at radius 2 is 1.55 bits per heavy atom. The van der Waals surface area contributed by atoms with Crippen LogP contribution in [0.2, 0.25) is 0 Å². The number of aryl methyl sites for hydroxylation is 2. The summed E-state index contributed by atoms with van der Waals surface area (Å²) >= 11 is 0. The zero-order valence-electron chi connectivity index (χ0n) is 25.9. The number of nitrogens with zero attached hydrogens (tertiary/aromatic N) is 2. The number of benzene rings is 3. The highest BCUT2D eigenvalue weighted by Gasteiger charge is 2.35. The predicted molar refractivity (Wildman–Crippen MR) is 167 cm³/mol. The number of methoxy groups -OCH3 is 1. The second-order valence-electron chi connectivity index (χ2n) is 11.6. The summed E-state index contributed by atoms with van der Waals surface area (Å²) in [6.07, 6.45) is 0.345. The van der Waals surface area contributed by atoms with Gasteiger partial charge in [-0.1, -0.05) is 48.9 Å². The first-order valence-electron chi connectivity index (χ1n) is 14.1. The molecule has 0 heterocycles. The maximum absolute atomic E-state index is 14.3. The van der Waals surface area contributed by atoms with E-state index in [1.54, 1.807) is 55.6 Å². The van der Waals surface area contributed by atoms with E-state index in [-0.39, 0.29) is 17.3 Å². The first-order chi connectivity index (χ1) is 19.7. The van der Waals surface area contributed by atoms with Crippen LogP contribution in [0.15, 0.2) is 71.6 Å². The summed E-state index contributed by atoms with van der Waals surface area (Å²) in [5.41, 5.74) is 3.25. The molecule has 3 rings (SSSR count). The van der Waals surface area contributed by atoms with Gasteiger partial charge in [0.15, 0.2) is 0 Å². The number of sulfonamides is 1. The van der Waals surface area contributed by atoms with Crippen LogP contribution in [0.25, 0.3) is 0 Å². The molecular weight excluding hydrogens is 550 g/mol. The number of carbonyl (C=O) groups is 2. The molecule has 3 aromatic carbocycles. The van der Waals surface area contributed by atoms with Gasteiger partial charge in [-0.2, -0.15) is 0 Å². The molecule has 8 nitrogen and oxygen atoms in total. The van der Waals surface area contributed by atoms with E-state index in [0.717, 1.165) is 26.6 Å². The summed E-state index contributed by atoms with van der Waals surface area (Å²) in [5.74, 6) is -0.121. The molecule has 42 heavy (non-hydrogen) atoms. The Bertz CT molecular complexity index is 1490. The number of hydrogen-bond donors (Lipinski definition) is 1. The standard InChI is InChI=1S/C33H43N3O5S/c1-9-29(32(38)34-33(5,6)7)35(21-26-15-17-27(41-8)18-16-26)31(37)22-36(30-12-10-11-24(3)25(30)4)42(39,40)28-19-13-23(2)14-20-28/h10-20,29H,9,21-22H2,1-8H3,(H,34,38)/t29-/m0/s1. The van der Waals surface area contributed by atoms with Crippen LogP contribution in [0, 0.1) is 20.8 Å². The Labute approximate surface area is 250 Å². The van der Waals surface area contributed by atoms with Crippen LogP contribution in [0.1, 0.15) is 56.4 Å². The van der Waals surface area contributed by atoms with Gasteiger partial charge in [-0.15, -0.1) is 0 Å². The molecule has 0 radical (unpaired) electrons. The summed E-state index contributed by atoms with van der Waals surface area (Å²) < 4.78 is 34.7. The summed E-state index contributed by atoms with van der Waals surface area (Å²) in [7, 11) is -2.56. The molecule has 226 valence electrons. The minimum absolute atomic E-state index is 0.0843. The summed E-state index contributed by atoms with van der Waals surface area (Å²) in [4.78, 5) is 29.3. The maximum Gasteiger partial charge on any atom is 0.264 e. The average molecular weight is 594 g/mol. The fourth-order valence-corrected chi connectivity index (χ4v) is 6.13. The van der Waals surface area contributed by atoms with E-state index in [1.807, 2.05) is 66.7 Å². The molecular formula is C33H43N3O5S. The van der Waals surface area contributed by atoms with Gasteiger partial charge < -0.3 is 15.0 Å². The van der Waals surface area contributed by atoms with Gasteiger partial charge in [0.05, 0.1) is 17.7 Å². The molecule has 2 amide bonds. The highest BCUT2D eigenvalue weighted by Crippen LogP contribution is 2.29. The first kappa shape index (κ1) is 32.7. The van der Waals surface area contributed by atoms with Gasteiger partial charge in [0.2, 0.25) is 11.8 Å². The average Bonchev–Trinajstić information content (AvgIpc) is 2.92. The van der Waals surface area contributed by atoms with E-state index in [9.17, 15) is 18.0 Å². The van der Waals surface area contributed by atoms with Crippen LogP contribution < -0.4 is 14.4 Å². The minimum Gasteiger partial charge on any atom is -0.497 e. The molecule has 0 bridgehead atoms. The first-order valence-corrected chi connectivity index (χ1v) is 15.5. The lowest BCUT2D eigenvalue weighted by Gasteiger charge is -2.35. The SMILES string of the molecule is CC[C@@H](C(=O)NC(C)(C)C)N(Cc1ccc(OC)cc1)C(=O)CN(c1cccc(C)c1C)S(=O)(=O)c1ccc(C)cc1. The highest BCUT2D eigenvalue weighted by molar-refractivity contribution is 7.92. The molecule has 1 N–H and O–H groups in total. The highest BCUT2D eigenvalue weighted by atomic mass is 32.2. The van der Waals surface area contributed by atoms with E-state index < -0.39 is 34.1 Å². The van der Waals surface area contributed by atoms with Crippen molar-refractivity contribution in [3.05, 3.63) is 89.0 Å². The summed E-state index contributed by atoms with van der Waals surface area (Å²) in [5, 5.41) is 2.99. The van der Waals surface area contributed by atoms with Crippen molar-refractivity contribution in [2.45, 2.75) is 77.9 Å². The normalized spacial score (nSPS) is 12.4. The van der Waals surface area contributed by atoms with Crippen molar-refractivity contribution in [1.29, 1.82) is 0 Å². The van der Waals surface area contributed by atoms with E-state index >= 15 is 0 Å². The van der Waals surface area contributed by atoms with E-state index in [4.69, 9.17) is 4.74 Å². The predicted octanol–water partition coefficient (Wildman–Crippen LogP) is 5.54. The number of anilines is 1. The van der Waals surface area contributed by atoms with Crippen molar-refractivity contribution in [3.8, 4) is 5.75 Å². The van der Waals surface area contributed by atoms with Gasteiger partial charge in [-0.25, -0.2) is 8.42 Å². The smallest absolute Gasteiger partial charge is 0.264 e. The van der Waals surface area contributed by atoms with Crippen LogP contribution in [0.4, 0.5) is 5.69 Å². The fourth-order valence-electron chi connectivity index (χ4n) is 4.66. The molecule has 0 fully saturated rings. The van der Waals surface area contributed by atoms with Crippen LogP contribution >= 0.6 is 0 Å². The molecule has 1 atom stereocenters. The number of ether oxygens (including phenoxy) is 1. The van der Waals surface area contributed by atoms with Gasteiger partial charge >= 0.3 is 0 Å². The monoisotopic (exact) mass is 593 g/mol. The number of nitrogens with one attached hydrogen (secondary N) is 1. The Kier molecular flexibility index (Phi) is 10.4. The second kappa shape index (κ2) is 13.4. The van der Waals surface area contributed by atoms with Gasteiger partial charge in [0.25, 0.3) is 10.0 Å². The second-order valence-corrected chi connectivity index (χ2v) is 13.4. The lowest BCUT2D eigenvalue weighted by atomic mass is 10.1. The molecule has 0 unspecified atom stereocenters. The van der Waals surface area contributed by atoms with Crippen molar-refractivity contribution < 1.29 is 22.7 Å². The zero-order valence-corrected chi connectivity index (χ0v) is 26.7. The van der Waals surface area contributed by atoms with Crippen LogP contribution in [-0.4, -0.2) is 50.4 Å². The molecule has 0 aromatic heterocycles. The van der Waals surface area contributed by atoms with Gasteiger partial charge in [-0.3, -0.25) is 13.9 Å². The Hall–Kier alpha value is -3.85. The van der Waals surface area contributed by atoms with E-state index in [0.29, 0.717) is 17.9 Å².